The Morgan fingerprint density at radius 2 is 2.25 bits per heavy atom. The Hall–Kier alpha value is 0.310. The van der Waals surface area contributed by atoms with Crippen LogP contribution in [0.15, 0.2) is 0 Å². The lowest BCUT2D eigenvalue weighted by Gasteiger charge is -2.18. The minimum atomic E-state index is 0.578. The van der Waals surface area contributed by atoms with Gasteiger partial charge in [0, 0.05) is 0 Å². The fraction of sp³-hybridized carbons (Fsp3) is 1.00. The first-order chi connectivity index (χ1) is 3.95. The molecule has 0 aromatic rings. The standard InChI is InChI=1S/C6H10OS/c1-2-6-7-5(1)3-4-8-6/h5-6H,1-4H2. The zero-order valence-corrected chi connectivity index (χ0v) is 5.62. The molecule has 46 valence electrons. The highest BCUT2D eigenvalue weighted by Gasteiger charge is 2.29. The highest BCUT2D eigenvalue weighted by atomic mass is 32.2. The van der Waals surface area contributed by atoms with Crippen molar-refractivity contribution in [1.29, 1.82) is 0 Å². The van der Waals surface area contributed by atoms with Gasteiger partial charge >= 0.3 is 0 Å². The molecule has 0 spiro atoms. The maximum absolute atomic E-state index is 5.56. The van der Waals surface area contributed by atoms with E-state index in [-0.39, 0.29) is 0 Å². The first-order valence-corrected chi connectivity index (χ1v) is 4.27. The summed E-state index contributed by atoms with van der Waals surface area (Å²) < 4.78 is 5.56. The van der Waals surface area contributed by atoms with Gasteiger partial charge in [0.15, 0.2) is 0 Å². The molecule has 2 bridgehead atoms. The second kappa shape index (κ2) is 1.92. The van der Waals surface area contributed by atoms with E-state index < -0.39 is 0 Å². The van der Waals surface area contributed by atoms with E-state index in [2.05, 4.69) is 0 Å². The molecule has 0 N–H and O–H groups in total. The molecule has 2 fully saturated rings. The van der Waals surface area contributed by atoms with Crippen LogP contribution >= 0.6 is 11.8 Å². The number of fused-ring (bicyclic) bond motifs is 2. The van der Waals surface area contributed by atoms with Gasteiger partial charge in [-0.3, -0.25) is 0 Å². The van der Waals surface area contributed by atoms with E-state index in [1.807, 2.05) is 11.8 Å². The average molecular weight is 130 g/mol. The Morgan fingerprint density at radius 3 is 3.00 bits per heavy atom. The summed E-state index contributed by atoms with van der Waals surface area (Å²) in [6, 6.07) is 0. The Balaban J connectivity index is 2.03. The zero-order chi connectivity index (χ0) is 5.40. The Labute approximate surface area is 53.8 Å². The van der Waals surface area contributed by atoms with Gasteiger partial charge < -0.3 is 4.74 Å². The van der Waals surface area contributed by atoms with Crippen LogP contribution in [0.5, 0.6) is 0 Å². The van der Waals surface area contributed by atoms with Crippen molar-refractivity contribution in [3.8, 4) is 0 Å². The van der Waals surface area contributed by atoms with Crippen LogP contribution in [-0.4, -0.2) is 17.3 Å². The molecule has 0 amide bonds. The van der Waals surface area contributed by atoms with Crippen molar-refractivity contribution < 1.29 is 4.74 Å². The number of rotatable bonds is 0. The van der Waals surface area contributed by atoms with Crippen LogP contribution in [0.1, 0.15) is 19.3 Å². The Kier molecular flexibility index (Phi) is 1.23. The molecule has 0 aromatic heterocycles. The number of hydrogen-bond acceptors (Lipinski definition) is 2. The van der Waals surface area contributed by atoms with Crippen molar-refractivity contribution in [3.63, 3.8) is 0 Å². The maximum Gasteiger partial charge on any atom is 0.103 e. The molecule has 2 rings (SSSR count). The highest BCUT2D eigenvalue weighted by Crippen LogP contribution is 2.35. The molecule has 0 aliphatic carbocycles. The van der Waals surface area contributed by atoms with Crippen molar-refractivity contribution in [2.75, 3.05) is 5.75 Å². The molecule has 2 saturated heterocycles. The van der Waals surface area contributed by atoms with Crippen LogP contribution in [0.4, 0.5) is 0 Å². The van der Waals surface area contributed by atoms with E-state index in [0.717, 1.165) is 0 Å². The van der Waals surface area contributed by atoms with Crippen molar-refractivity contribution in [3.05, 3.63) is 0 Å². The maximum atomic E-state index is 5.56. The summed E-state index contributed by atoms with van der Waals surface area (Å²) in [4.78, 5) is 0. The first-order valence-electron chi connectivity index (χ1n) is 3.22. The molecule has 8 heavy (non-hydrogen) atoms. The van der Waals surface area contributed by atoms with E-state index >= 15 is 0 Å². The topological polar surface area (TPSA) is 9.23 Å². The summed E-state index contributed by atoms with van der Waals surface area (Å²) in [5, 5.41) is 0. The van der Waals surface area contributed by atoms with Crippen molar-refractivity contribution in [2.24, 2.45) is 0 Å². The van der Waals surface area contributed by atoms with E-state index in [1.54, 1.807) is 0 Å². The van der Waals surface area contributed by atoms with Crippen LogP contribution in [0.25, 0.3) is 0 Å². The lowest BCUT2D eigenvalue weighted by atomic mass is 10.2. The predicted molar refractivity (Wildman–Crippen MR) is 35.0 cm³/mol. The summed E-state index contributed by atoms with van der Waals surface area (Å²) in [6.45, 7) is 0. The molecule has 1 nitrogen and oxygen atoms in total. The number of hydrogen-bond donors (Lipinski definition) is 0. The average Bonchev–Trinajstić information content (AvgIpc) is 2.12. The van der Waals surface area contributed by atoms with Gasteiger partial charge in [0.05, 0.1) is 6.10 Å². The largest absolute Gasteiger partial charge is 0.364 e. The van der Waals surface area contributed by atoms with E-state index in [1.165, 1.54) is 25.0 Å². The van der Waals surface area contributed by atoms with Crippen LogP contribution < -0.4 is 0 Å². The van der Waals surface area contributed by atoms with Gasteiger partial charge in [-0.2, -0.15) is 0 Å². The molecule has 2 atom stereocenters. The predicted octanol–water partition coefficient (Wildman–Crippen LogP) is 1.63. The Bertz CT molecular complexity index is 80.5. The summed E-state index contributed by atoms with van der Waals surface area (Å²) in [5.41, 5.74) is 0.578. The Morgan fingerprint density at radius 1 is 1.25 bits per heavy atom. The lowest BCUT2D eigenvalue weighted by molar-refractivity contribution is 0.0830. The molecule has 0 radical (unpaired) electrons. The normalized spacial score (nSPS) is 45.0. The quantitative estimate of drug-likeness (QED) is 0.493. The van der Waals surface area contributed by atoms with Crippen molar-refractivity contribution in [2.45, 2.75) is 30.8 Å². The third-order valence-electron chi connectivity index (χ3n) is 1.81. The van der Waals surface area contributed by atoms with Gasteiger partial charge in [0.1, 0.15) is 5.44 Å². The lowest BCUT2D eigenvalue weighted by Crippen LogP contribution is -2.15. The van der Waals surface area contributed by atoms with E-state index in [9.17, 15) is 0 Å². The molecule has 2 aliphatic rings. The minimum Gasteiger partial charge on any atom is -0.364 e. The molecule has 2 aliphatic heterocycles. The van der Waals surface area contributed by atoms with Crippen molar-refractivity contribution in [1.82, 2.24) is 0 Å². The molecule has 2 heteroatoms. The third-order valence-corrected chi connectivity index (χ3v) is 3.00. The smallest absolute Gasteiger partial charge is 0.103 e. The molecular formula is C6H10OS. The number of thioether (sulfide) groups is 1. The van der Waals surface area contributed by atoms with Crippen LogP contribution in [0.3, 0.4) is 0 Å². The van der Waals surface area contributed by atoms with Crippen molar-refractivity contribution >= 4 is 11.8 Å². The third kappa shape index (κ3) is 0.759. The van der Waals surface area contributed by atoms with Crippen LogP contribution in [0, 0.1) is 0 Å². The highest BCUT2D eigenvalue weighted by molar-refractivity contribution is 7.99. The van der Waals surface area contributed by atoms with Gasteiger partial charge in [0.25, 0.3) is 0 Å². The molecule has 0 saturated carbocycles. The molecular weight excluding hydrogens is 120 g/mol. The summed E-state index contributed by atoms with van der Waals surface area (Å²) in [6.07, 6.45) is 4.55. The van der Waals surface area contributed by atoms with Crippen LogP contribution in [0.2, 0.25) is 0 Å². The fourth-order valence-electron chi connectivity index (χ4n) is 1.34. The van der Waals surface area contributed by atoms with Gasteiger partial charge in [-0.15, -0.1) is 11.8 Å². The van der Waals surface area contributed by atoms with Crippen LogP contribution in [-0.2, 0) is 4.74 Å². The SMILES string of the molecule is C1CC2CCC(O2)S1. The van der Waals surface area contributed by atoms with Gasteiger partial charge in [0.2, 0.25) is 0 Å². The zero-order valence-electron chi connectivity index (χ0n) is 4.80. The monoisotopic (exact) mass is 130 g/mol. The number of ether oxygens (including phenoxy) is 1. The van der Waals surface area contributed by atoms with Gasteiger partial charge in [-0.05, 0) is 25.0 Å². The van der Waals surface area contributed by atoms with E-state index in [4.69, 9.17) is 4.74 Å². The molecule has 2 unspecified atom stereocenters. The summed E-state index contributed by atoms with van der Waals surface area (Å²) in [5.74, 6) is 1.33. The minimum absolute atomic E-state index is 0.578. The van der Waals surface area contributed by atoms with Gasteiger partial charge in [-0.1, -0.05) is 0 Å². The fourth-order valence-corrected chi connectivity index (χ4v) is 2.54. The summed E-state index contributed by atoms with van der Waals surface area (Å²) in [7, 11) is 0. The second-order valence-corrected chi connectivity index (χ2v) is 3.69. The molecule has 0 aromatic carbocycles. The first kappa shape index (κ1) is 5.12. The van der Waals surface area contributed by atoms with Gasteiger partial charge in [-0.25, -0.2) is 0 Å². The molecule has 2 heterocycles. The summed E-state index contributed by atoms with van der Waals surface area (Å²) >= 11 is 1.98. The second-order valence-electron chi connectivity index (χ2n) is 2.42. The van der Waals surface area contributed by atoms with E-state index in [0.29, 0.717) is 11.5 Å².